The van der Waals surface area contributed by atoms with Gasteiger partial charge in [0, 0.05) is 12.1 Å². The zero-order valence-corrected chi connectivity index (χ0v) is 22.6. The fourth-order valence-corrected chi connectivity index (χ4v) is 4.19. The maximum absolute atomic E-state index is 14.2. The van der Waals surface area contributed by atoms with Crippen LogP contribution in [-0.2, 0) is 33.6 Å². The van der Waals surface area contributed by atoms with Crippen molar-refractivity contribution in [3.8, 4) is 5.75 Å². The molecular formula is C29H27F3N4O6. The van der Waals surface area contributed by atoms with E-state index in [1.807, 2.05) is 0 Å². The van der Waals surface area contributed by atoms with Crippen LogP contribution in [-0.4, -0.2) is 48.3 Å². The molecule has 1 atom stereocenters. The number of hydrazine groups is 1. The number of nitrogens with one attached hydrogen (secondary N) is 2. The Bertz CT molecular complexity index is 1460. The number of hydrazone groups is 1. The van der Waals surface area contributed by atoms with Crippen molar-refractivity contribution >= 4 is 29.7 Å². The number of ketones is 1. The van der Waals surface area contributed by atoms with Crippen molar-refractivity contribution in [2.45, 2.75) is 31.8 Å². The number of hydrogen-bond acceptors (Lipinski definition) is 9. The molecule has 1 aliphatic rings. The predicted octanol–water partition coefficient (Wildman–Crippen LogP) is 4.95. The Kier molecular flexibility index (Phi) is 9.11. The van der Waals surface area contributed by atoms with Gasteiger partial charge in [0.2, 0.25) is 11.3 Å². The number of anilines is 1. The van der Waals surface area contributed by atoms with Crippen molar-refractivity contribution < 1.29 is 41.8 Å². The van der Waals surface area contributed by atoms with Crippen molar-refractivity contribution in [2.24, 2.45) is 5.10 Å². The monoisotopic (exact) mass is 584 g/mol. The van der Waals surface area contributed by atoms with Crippen molar-refractivity contribution in [3.05, 3.63) is 95.1 Å². The lowest BCUT2D eigenvalue weighted by atomic mass is 9.87. The van der Waals surface area contributed by atoms with Gasteiger partial charge < -0.3 is 14.2 Å². The molecule has 0 saturated heterocycles. The predicted molar refractivity (Wildman–Crippen MR) is 146 cm³/mol. The van der Waals surface area contributed by atoms with E-state index in [9.17, 15) is 27.6 Å². The number of esters is 1. The number of benzene rings is 3. The van der Waals surface area contributed by atoms with Gasteiger partial charge in [-0.1, -0.05) is 42.5 Å². The second-order valence-corrected chi connectivity index (χ2v) is 9.05. The standard InChI is InChI=1S/C29H27F3N4O6/c1-3-41-26(38)28(18-33-35-36(28)16-19-9-12-22(40-2)13-10-19)25(37)23-14-11-21(29(30,31)32)15-24(23)34-27(39)42-17-20-7-5-4-6-8-20/h4-15,18,35H,3,16-17H2,1-2H3,(H,34,39). The van der Waals surface area contributed by atoms with E-state index in [4.69, 9.17) is 14.2 Å². The average Bonchev–Trinajstić information content (AvgIpc) is 3.40. The lowest BCUT2D eigenvalue weighted by Gasteiger charge is -2.32. The highest BCUT2D eigenvalue weighted by molar-refractivity contribution is 6.29. The third-order valence-electron chi connectivity index (χ3n) is 6.33. The van der Waals surface area contributed by atoms with E-state index in [-0.39, 0.29) is 19.8 Å². The summed E-state index contributed by atoms with van der Waals surface area (Å²) in [4.78, 5) is 40.2. The van der Waals surface area contributed by atoms with Crippen LogP contribution in [0.2, 0.25) is 0 Å². The molecule has 220 valence electrons. The van der Waals surface area contributed by atoms with E-state index in [2.05, 4.69) is 16.0 Å². The average molecular weight is 585 g/mol. The summed E-state index contributed by atoms with van der Waals surface area (Å²) >= 11 is 0. The molecule has 3 aromatic carbocycles. The van der Waals surface area contributed by atoms with E-state index in [0.717, 1.165) is 12.3 Å². The number of rotatable bonds is 10. The van der Waals surface area contributed by atoms with Gasteiger partial charge >= 0.3 is 18.2 Å². The fourth-order valence-electron chi connectivity index (χ4n) is 4.19. The van der Waals surface area contributed by atoms with Crippen LogP contribution < -0.4 is 15.6 Å². The van der Waals surface area contributed by atoms with E-state index in [0.29, 0.717) is 29.0 Å². The number of carbonyl (C=O) groups is 3. The number of carbonyl (C=O) groups excluding carboxylic acids is 3. The molecule has 13 heteroatoms. The summed E-state index contributed by atoms with van der Waals surface area (Å²) in [6, 6.07) is 17.5. The fraction of sp³-hybridized carbons (Fsp3) is 0.241. The maximum Gasteiger partial charge on any atom is 0.416 e. The number of amides is 1. The summed E-state index contributed by atoms with van der Waals surface area (Å²) in [7, 11) is 1.50. The first-order valence-electron chi connectivity index (χ1n) is 12.7. The molecule has 0 aromatic heterocycles. The molecule has 0 aliphatic carbocycles. The number of methoxy groups -OCH3 is 1. The van der Waals surface area contributed by atoms with Crippen LogP contribution in [0, 0.1) is 0 Å². The summed E-state index contributed by atoms with van der Waals surface area (Å²) < 4.78 is 56.4. The number of hydrogen-bond donors (Lipinski definition) is 2. The van der Waals surface area contributed by atoms with E-state index < -0.39 is 46.4 Å². The Balaban J connectivity index is 1.70. The molecule has 1 amide bonds. The summed E-state index contributed by atoms with van der Waals surface area (Å²) in [6.45, 7) is 1.23. The van der Waals surface area contributed by atoms with Crippen molar-refractivity contribution in [1.29, 1.82) is 0 Å². The third-order valence-corrected chi connectivity index (χ3v) is 6.33. The van der Waals surface area contributed by atoms with E-state index in [1.165, 1.54) is 19.0 Å². The number of alkyl halides is 3. The highest BCUT2D eigenvalue weighted by Crippen LogP contribution is 2.35. The van der Waals surface area contributed by atoms with Crippen LogP contribution in [0.5, 0.6) is 5.75 Å². The minimum Gasteiger partial charge on any atom is -0.497 e. The minimum absolute atomic E-state index is 0.0446. The molecule has 10 nitrogen and oxygen atoms in total. The summed E-state index contributed by atoms with van der Waals surface area (Å²) in [5.41, 5.74) is -0.377. The van der Waals surface area contributed by atoms with Crippen molar-refractivity contribution in [1.82, 2.24) is 10.5 Å². The Morgan fingerprint density at radius 1 is 0.976 bits per heavy atom. The second-order valence-electron chi connectivity index (χ2n) is 9.05. The van der Waals surface area contributed by atoms with Crippen LogP contribution in [0.4, 0.5) is 23.7 Å². The smallest absolute Gasteiger partial charge is 0.416 e. The Morgan fingerprint density at radius 2 is 1.69 bits per heavy atom. The molecule has 3 aromatic rings. The SMILES string of the molecule is CCOC(=O)C1(C(=O)c2ccc(C(F)(F)F)cc2NC(=O)OCc2ccccc2)C=NNN1Cc1ccc(OC)cc1. The quantitative estimate of drug-likeness (QED) is 0.195. The highest BCUT2D eigenvalue weighted by atomic mass is 19.4. The zero-order chi connectivity index (χ0) is 30.3. The van der Waals surface area contributed by atoms with Crippen LogP contribution in [0.15, 0.2) is 77.9 Å². The zero-order valence-electron chi connectivity index (χ0n) is 22.6. The topological polar surface area (TPSA) is 119 Å². The second kappa shape index (κ2) is 12.7. The Morgan fingerprint density at radius 3 is 2.33 bits per heavy atom. The summed E-state index contributed by atoms with van der Waals surface area (Å²) in [5, 5.41) is 7.35. The van der Waals surface area contributed by atoms with Crippen molar-refractivity contribution in [3.63, 3.8) is 0 Å². The maximum atomic E-state index is 14.2. The summed E-state index contributed by atoms with van der Waals surface area (Å²) in [5.74, 6) is -1.43. The van der Waals surface area contributed by atoms with Gasteiger partial charge in [-0.2, -0.15) is 23.3 Å². The molecule has 0 fully saturated rings. The molecular weight excluding hydrogens is 557 g/mol. The molecule has 42 heavy (non-hydrogen) atoms. The van der Waals surface area contributed by atoms with Crippen LogP contribution in [0.3, 0.4) is 0 Å². The number of ether oxygens (including phenoxy) is 3. The first-order valence-corrected chi connectivity index (χ1v) is 12.7. The molecule has 1 heterocycles. The molecule has 4 rings (SSSR count). The van der Waals surface area contributed by atoms with Gasteiger partial charge in [0.25, 0.3) is 0 Å². The van der Waals surface area contributed by atoms with Crippen LogP contribution in [0.25, 0.3) is 0 Å². The van der Waals surface area contributed by atoms with E-state index in [1.54, 1.807) is 54.6 Å². The minimum atomic E-state index is -4.79. The first-order chi connectivity index (χ1) is 20.1. The lowest BCUT2D eigenvalue weighted by molar-refractivity contribution is -0.151. The Labute approximate surface area is 239 Å². The molecule has 0 spiro atoms. The van der Waals surface area contributed by atoms with Crippen molar-refractivity contribution in [2.75, 3.05) is 19.0 Å². The molecule has 0 radical (unpaired) electrons. The molecule has 1 unspecified atom stereocenters. The Hall–Kier alpha value is -4.91. The van der Waals surface area contributed by atoms with Gasteiger partial charge in [0.05, 0.1) is 31.2 Å². The van der Waals surface area contributed by atoms with Crippen LogP contribution in [0.1, 0.15) is 34.0 Å². The largest absolute Gasteiger partial charge is 0.497 e. The molecule has 1 aliphatic heterocycles. The van der Waals surface area contributed by atoms with Gasteiger partial charge in [-0.25, -0.2) is 15.1 Å². The molecule has 2 N–H and O–H groups in total. The number of Topliss-reactive ketones (excluding diaryl/α,β-unsaturated/α-hetero) is 1. The number of nitrogens with zero attached hydrogens (tertiary/aromatic N) is 2. The third kappa shape index (κ3) is 6.52. The summed E-state index contributed by atoms with van der Waals surface area (Å²) in [6.07, 6.45) is -4.88. The van der Waals surface area contributed by atoms with Crippen LogP contribution >= 0.6 is 0 Å². The molecule has 0 bridgehead atoms. The lowest BCUT2D eigenvalue weighted by Crippen LogP contribution is -2.61. The van der Waals surface area contributed by atoms with Gasteiger partial charge in [-0.3, -0.25) is 10.1 Å². The van der Waals surface area contributed by atoms with Gasteiger partial charge in [-0.15, -0.1) is 0 Å². The van der Waals surface area contributed by atoms with Gasteiger partial charge in [0.1, 0.15) is 12.4 Å². The normalized spacial score (nSPS) is 16.4. The first kappa shape index (κ1) is 30.1. The molecule has 0 saturated carbocycles. The highest BCUT2D eigenvalue weighted by Gasteiger charge is 2.55. The van der Waals surface area contributed by atoms with E-state index >= 15 is 0 Å². The van der Waals surface area contributed by atoms with Gasteiger partial charge in [0.15, 0.2) is 0 Å². The number of halogens is 3. The van der Waals surface area contributed by atoms with Gasteiger partial charge in [-0.05, 0) is 48.4 Å².